The summed E-state index contributed by atoms with van der Waals surface area (Å²) >= 11 is 6.21. The molecule has 2 aromatic carbocycles. The molecule has 0 aliphatic carbocycles. The number of likely N-dealkylation sites (N-methyl/N-ethyl adjacent to an activating group) is 1. The molecule has 0 fully saturated rings. The van der Waals surface area contributed by atoms with Gasteiger partial charge in [0.25, 0.3) is 5.91 Å². The molecule has 0 heterocycles. The van der Waals surface area contributed by atoms with Crippen molar-refractivity contribution in [3.05, 3.63) is 64.2 Å². The molecule has 2 amide bonds. The lowest BCUT2D eigenvalue weighted by Crippen LogP contribution is -2.51. The molecule has 2 rings (SSSR count). The van der Waals surface area contributed by atoms with Crippen LogP contribution in [0.4, 0.5) is 0 Å². The number of halogens is 1. The van der Waals surface area contributed by atoms with Gasteiger partial charge >= 0.3 is 0 Å². The molecular formula is C24H31ClN2O3. The van der Waals surface area contributed by atoms with Crippen LogP contribution < -0.4 is 10.1 Å². The summed E-state index contributed by atoms with van der Waals surface area (Å²) in [7, 11) is 0. The number of nitrogens with zero attached hydrogens (tertiary/aromatic N) is 1. The number of hydrogen-bond acceptors (Lipinski definition) is 3. The molecule has 0 saturated carbocycles. The quantitative estimate of drug-likeness (QED) is 0.610. The van der Waals surface area contributed by atoms with Gasteiger partial charge in [0.15, 0.2) is 6.61 Å². The maximum absolute atomic E-state index is 13.1. The predicted molar refractivity (Wildman–Crippen MR) is 121 cm³/mol. The Hall–Kier alpha value is -2.53. The second-order valence-corrected chi connectivity index (χ2v) is 7.68. The lowest BCUT2D eigenvalue weighted by molar-refractivity contribution is -0.142. The molecule has 1 N–H and O–H groups in total. The highest BCUT2D eigenvalue weighted by Gasteiger charge is 2.28. The summed E-state index contributed by atoms with van der Waals surface area (Å²) in [6, 6.07) is 13.0. The fraction of sp³-hybridized carbons (Fsp3) is 0.417. The maximum atomic E-state index is 13.1. The van der Waals surface area contributed by atoms with Gasteiger partial charge in [-0.25, -0.2) is 0 Å². The van der Waals surface area contributed by atoms with Crippen LogP contribution in [0.15, 0.2) is 42.5 Å². The van der Waals surface area contributed by atoms with Crippen molar-refractivity contribution in [3.8, 4) is 5.75 Å². The summed E-state index contributed by atoms with van der Waals surface area (Å²) in [6.07, 6.45) is 1.20. The second kappa shape index (κ2) is 11.6. The van der Waals surface area contributed by atoms with Gasteiger partial charge in [0.2, 0.25) is 5.91 Å². The number of aryl methyl sites for hydroxylation is 2. The number of nitrogens with one attached hydrogen (secondary N) is 1. The topological polar surface area (TPSA) is 58.6 Å². The molecule has 0 unspecified atom stereocenters. The first-order chi connectivity index (χ1) is 14.4. The summed E-state index contributed by atoms with van der Waals surface area (Å²) in [5.74, 6) is 0.241. The maximum Gasteiger partial charge on any atom is 0.261 e. The highest BCUT2D eigenvalue weighted by molar-refractivity contribution is 6.32. The number of ether oxygens (including phenoxy) is 1. The van der Waals surface area contributed by atoms with Gasteiger partial charge in [-0.1, -0.05) is 48.9 Å². The first-order valence-electron chi connectivity index (χ1n) is 10.4. The van der Waals surface area contributed by atoms with Crippen molar-refractivity contribution < 1.29 is 14.3 Å². The molecule has 1 atom stereocenters. The smallest absolute Gasteiger partial charge is 0.261 e. The molecule has 5 nitrogen and oxygen atoms in total. The minimum absolute atomic E-state index is 0.134. The van der Waals surface area contributed by atoms with Gasteiger partial charge in [0.05, 0.1) is 0 Å². The standard InChI is InChI=1S/C24H31ClN2O3/c1-5-21(24(29)26-6-2)27(13-12-19-10-8-7-9-11-19)22(28)16-30-20-14-17(3)23(25)18(4)15-20/h7-11,14-15,21H,5-6,12-13,16H2,1-4H3,(H,26,29)/t21-/m1/s1. The van der Waals surface area contributed by atoms with E-state index in [-0.39, 0.29) is 18.4 Å². The van der Waals surface area contributed by atoms with Gasteiger partial charge < -0.3 is 15.0 Å². The van der Waals surface area contributed by atoms with Crippen LogP contribution in [0.2, 0.25) is 5.02 Å². The van der Waals surface area contributed by atoms with Crippen LogP contribution in [0.5, 0.6) is 5.75 Å². The van der Waals surface area contributed by atoms with E-state index in [9.17, 15) is 9.59 Å². The average molecular weight is 431 g/mol. The Balaban J connectivity index is 2.14. The summed E-state index contributed by atoms with van der Waals surface area (Å²) < 4.78 is 5.77. The number of benzene rings is 2. The van der Waals surface area contributed by atoms with Crippen LogP contribution >= 0.6 is 11.6 Å². The van der Waals surface area contributed by atoms with Gasteiger partial charge in [-0.3, -0.25) is 9.59 Å². The first kappa shape index (κ1) is 23.7. The van der Waals surface area contributed by atoms with Crippen LogP contribution in [0, 0.1) is 13.8 Å². The molecule has 6 heteroatoms. The number of amides is 2. The Bertz CT molecular complexity index is 832. The minimum atomic E-state index is -0.529. The largest absolute Gasteiger partial charge is 0.484 e. The lowest BCUT2D eigenvalue weighted by Gasteiger charge is -2.30. The van der Waals surface area contributed by atoms with Crippen LogP contribution in [-0.2, 0) is 16.0 Å². The van der Waals surface area contributed by atoms with E-state index in [1.165, 1.54) is 0 Å². The van der Waals surface area contributed by atoms with E-state index in [2.05, 4.69) is 5.32 Å². The Kier molecular flexibility index (Phi) is 9.18. The summed E-state index contributed by atoms with van der Waals surface area (Å²) in [5, 5.41) is 3.53. The molecule has 162 valence electrons. The number of carbonyl (C=O) groups is 2. The van der Waals surface area contributed by atoms with E-state index < -0.39 is 6.04 Å². The highest BCUT2D eigenvalue weighted by Crippen LogP contribution is 2.26. The molecule has 0 saturated heterocycles. The van der Waals surface area contributed by atoms with Gasteiger partial charge in [-0.2, -0.15) is 0 Å². The van der Waals surface area contributed by atoms with E-state index >= 15 is 0 Å². The van der Waals surface area contributed by atoms with E-state index in [4.69, 9.17) is 16.3 Å². The molecule has 0 bridgehead atoms. The first-order valence-corrected chi connectivity index (χ1v) is 10.8. The van der Waals surface area contributed by atoms with Crippen molar-refractivity contribution in [3.63, 3.8) is 0 Å². The van der Waals surface area contributed by atoms with Crippen molar-refractivity contribution in [1.29, 1.82) is 0 Å². The number of hydrogen-bond donors (Lipinski definition) is 1. The van der Waals surface area contributed by atoms with Crippen LogP contribution in [-0.4, -0.2) is 42.5 Å². The zero-order valence-electron chi connectivity index (χ0n) is 18.2. The van der Waals surface area contributed by atoms with Crippen molar-refractivity contribution in [1.82, 2.24) is 10.2 Å². The Labute approximate surface area is 184 Å². The lowest BCUT2D eigenvalue weighted by atomic mass is 10.1. The molecule has 0 aliphatic heterocycles. The SMILES string of the molecule is CCNC(=O)[C@@H](CC)N(CCc1ccccc1)C(=O)COc1cc(C)c(Cl)c(C)c1. The molecule has 0 aromatic heterocycles. The van der Waals surface area contributed by atoms with E-state index in [0.29, 0.717) is 36.7 Å². The van der Waals surface area contributed by atoms with Crippen molar-refractivity contribution >= 4 is 23.4 Å². The number of carbonyl (C=O) groups excluding carboxylic acids is 2. The van der Waals surface area contributed by atoms with Crippen LogP contribution in [0.1, 0.15) is 37.0 Å². The predicted octanol–water partition coefficient (Wildman–Crippen LogP) is 4.32. The van der Waals surface area contributed by atoms with Gasteiger partial charge in [-0.15, -0.1) is 0 Å². The second-order valence-electron chi connectivity index (χ2n) is 7.30. The van der Waals surface area contributed by atoms with E-state index in [1.807, 2.05) is 70.2 Å². The molecule has 0 aliphatic rings. The van der Waals surface area contributed by atoms with Crippen LogP contribution in [0.3, 0.4) is 0 Å². The summed E-state index contributed by atoms with van der Waals surface area (Å²) in [4.78, 5) is 27.3. The molecule has 2 aromatic rings. The van der Waals surface area contributed by atoms with E-state index in [0.717, 1.165) is 16.7 Å². The third kappa shape index (κ3) is 6.49. The summed E-state index contributed by atoms with van der Waals surface area (Å²) in [6.45, 7) is 8.42. The molecule has 0 radical (unpaired) electrons. The minimum Gasteiger partial charge on any atom is -0.484 e. The Morgan fingerprint density at radius 3 is 2.30 bits per heavy atom. The fourth-order valence-corrected chi connectivity index (χ4v) is 3.51. The van der Waals surface area contributed by atoms with Gasteiger partial charge in [0, 0.05) is 18.1 Å². The van der Waals surface area contributed by atoms with Crippen molar-refractivity contribution in [2.45, 2.75) is 46.6 Å². The molecular weight excluding hydrogens is 400 g/mol. The van der Waals surface area contributed by atoms with Gasteiger partial charge in [-0.05, 0) is 62.4 Å². The summed E-state index contributed by atoms with van der Waals surface area (Å²) in [5.41, 5.74) is 2.91. The normalized spacial score (nSPS) is 11.6. The van der Waals surface area contributed by atoms with Gasteiger partial charge in [0.1, 0.15) is 11.8 Å². The number of rotatable bonds is 10. The van der Waals surface area contributed by atoms with Crippen LogP contribution in [0.25, 0.3) is 0 Å². The third-order valence-corrected chi connectivity index (χ3v) is 5.59. The van der Waals surface area contributed by atoms with E-state index in [1.54, 1.807) is 4.90 Å². The monoisotopic (exact) mass is 430 g/mol. The Morgan fingerprint density at radius 2 is 1.73 bits per heavy atom. The zero-order chi connectivity index (χ0) is 22.1. The molecule has 0 spiro atoms. The average Bonchev–Trinajstić information content (AvgIpc) is 2.73. The Morgan fingerprint density at radius 1 is 1.10 bits per heavy atom. The fourth-order valence-electron chi connectivity index (χ4n) is 3.41. The highest BCUT2D eigenvalue weighted by atomic mass is 35.5. The van der Waals surface area contributed by atoms with Crippen molar-refractivity contribution in [2.75, 3.05) is 19.7 Å². The zero-order valence-corrected chi connectivity index (χ0v) is 19.0. The molecule has 30 heavy (non-hydrogen) atoms. The van der Waals surface area contributed by atoms with Crippen molar-refractivity contribution in [2.24, 2.45) is 0 Å². The third-order valence-electron chi connectivity index (χ3n) is 4.99.